The van der Waals surface area contributed by atoms with Crippen molar-refractivity contribution in [3.63, 3.8) is 0 Å². The second-order valence-corrected chi connectivity index (χ2v) is 2.17. The minimum absolute atomic E-state index is 0.0185. The molecule has 0 aliphatic rings. The molecule has 0 aromatic rings. The second-order valence-electron chi connectivity index (χ2n) is 2.17. The highest BCUT2D eigenvalue weighted by atomic mass is 16.1. The summed E-state index contributed by atoms with van der Waals surface area (Å²) in [6.07, 6.45) is 0. The molecule has 0 rings (SSSR count). The van der Waals surface area contributed by atoms with Crippen LogP contribution in [-0.2, 0) is 0 Å². The Hall–Kier alpha value is -0.280. The lowest BCUT2D eigenvalue weighted by Gasteiger charge is -2.34. The fourth-order valence-electron chi connectivity index (χ4n) is 0.653. The summed E-state index contributed by atoms with van der Waals surface area (Å²) in [6.45, 7) is 3.69. The van der Waals surface area contributed by atoms with Gasteiger partial charge in [-0.3, -0.25) is 0 Å². The zero-order chi connectivity index (χ0) is 8.31. The lowest BCUT2D eigenvalue weighted by Crippen LogP contribution is -2.66. The molecule has 8 N–H and O–H groups in total. The van der Waals surface area contributed by atoms with Crippen molar-refractivity contribution in [2.45, 2.75) is 19.9 Å². The van der Waals surface area contributed by atoms with Crippen LogP contribution in [0.5, 0.6) is 0 Å². The van der Waals surface area contributed by atoms with E-state index in [1.54, 1.807) is 0 Å². The molecule has 0 heterocycles. The molecule has 0 saturated heterocycles. The fraction of sp³-hybridized carbons (Fsp3) is 1.00. The molecule has 0 aliphatic carbocycles. The molecule has 0 aromatic carbocycles. The Morgan fingerprint density at radius 3 is 1.20 bits per heavy atom. The first kappa shape index (κ1) is 9.72. The van der Waals surface area contributed by atoms with Gasteiger partial charge in [0.05, 0.1) is 0 Å². The van der Waals surface area contributed by atoms with Gasteiger partial charge < -0.3 is 0 Å². The van der Waals surface area contributed by atoms with E-state index in [0.29, 0.717) is 0 Å². The van der Waals surface area contributed by atoms with Gasteiger partial charge in [0.2, 0.25) is 0 Å². The summed E-state index contributed by atoms with van der Waals surface area (Å²) >= 11 is 0. The van der Waals surface area contributed by atoms with Crippen LogP contribution in [0.2, 0.25) is 0 Å². The third kappa shape index (κ3) is 2.54. The highest BCUT2D eigenvalue weighted by Gasteiger charge is 2.15. The van der Waals surface area contributed by atoms with Crippen molar-refractivity contribution in [1.29, 1.82) is 0 Å². The molecule has 0 aromatic heterocycles. The molecule has 0 spiro atoms. The molecular formula is C3H15N7. The van der Waals surface area contributed by atoms with Crippen molar-refractivity contribution < 1.29 is 0 Å². The van der Waals surface area contributed by atoms with Crippen LogP contribution >= 0.6 is 0 Å². The molecule has 0 amide bonds. The minimum atomic E-state index is 0.0185. The van der Waals surface area contributed by atoms with E-state index < -0.39 is 0 Å². The van der Waals surface area contributed by atoms with E-state index in [2.05, 4.69) is 0 Å². The molecule has 0 aliphatic heterocycles. The Morgan fingerprint density at radius 2 is 1.20 bits per heavy atom. The Balaban J connectivity index is 3.98. The zero-order valence-corrected chi connectivity index (χ0v) is 6.23. The molecule has 0 atom stereocenters. The molecule has 0 fully saturated rings. The summed E-state index contributed by atoms with van der Waals surface area (Å²) in [7, 11) is 0. The summed E-state index contributed by atoms with van der Waals surface area (Å²) < 4.78 is 0. The van der Waals surface area contributed by atoms with Crippen LogP contribution in [0, 0.1) is 0 Å². The average Bonchev–Trinajstić information content (AvgIpc) is 1.59. The lowest BCUT2D eigenvalue weighted by atomic mass is 10.4. The Morgan fingerprint density at radius 1 is 0.900 bits per heavy atom. The number of hydrogen-bond donors (Lipinski definition) is 4. The molecule has 10 heavy (non-hydrogen) atoms. The lowest BCUT2D eigenvalue weighted by molar-refractivity contribution is -0.215. The number of hydrogen-bond acceptors (Lipinski definition) is 7. The Bertz CT molecular complexity index is 69.8. The van der Waals surface area contributed by atoms with Gasteiger partial charge in [-0.15, -0.1) is 5.12 Å². The smallest absolute Gasteiger partial charge is 0.0404 e. The van der Waals surface area contributed by atoms with Gasteiger partial charge in [0.25, 0.3) is 0 Å². The fourth-order valence-corrected chi connectivity index (χ4v) is 0.653. The molecule has 0 unspecified atom stereocenters. The average molecular weight is 149 g/mol. The largest absolute Gasteiger partial charge is 0.239 e. The van der Waals surface area contributed by atoms with Crippen molar-refractivity contribution in [3.05, 3.63) is 0 Å². The van der Waals surface area contributed by atoms with Crippen LogP contribution in [0.4, 0.5) is 0 Å². The molecule has 7 heteroatoms. The van der Waals surface area contributed by atoms with Gasteiger partial charge in [-0.25, -0.2) is 23.4 Å². The first-order chi connectivity index (χ1) is 4.46. The van der Waals surface area contributed by atoms with Gasteiger partial charge in [-0.05, 0) is 13.8 Å². The molecule has 62 valence electrons. The predicted octanol–water partition coefficient (Wildman–Crippen LogP) is -2.37. The maximum absolute atomic E-state index is 5.17. The monoisotopic (exact) mass is 149 g/mol. The SMILES string of the molecule is CC(C)N(N(N)N)N(N)N. The predicted molar refractivity (Wildman–Crippen MR) is 37.4 cm³/mol. The number of nitrogens with zero attached hydrogens (tertiary/aromatic N) is 3. The third-order valence-electron chi connectivity index (χ3n) is 0.935. The van der Waals surface area contributed by atoms with Gasteiger partial charge in [0, 0.05) is 6.04 Å². The number of nitrogens with two attached hydrogens (primary N) is 4. The maximum atomic E-state index is 5.17. The Labute approximate surface area is 59.9 Å². The standard InChI is InChI=1S/C3H15N7/c1-3(2)8(9(4)5)10(6)7/h3H,4-7H2,1-2H3. The van der Waals surface area contributed by atoms with Gasteiger partial charge in [0.1, 0.15) is 0 Å². The van der Waals surface area contributed by atoms with Crippen LogP contribution in [0.1, 0.15) is 13.8 Å². The summed E-state index contributed by atoms with van der Waals surface area (Å²) in [6, 6.07) is 0.0185. The molecule has 7 nitrogen and oxygen atoms in total. The van der Waals surface area contributed by atoms with Crippen LogP contribution in [0.25, 0.3) is 0 Å². The topological polar surface area (TPSA) is 114 Å². The first-order valence-corrected chi connectivity index (χ1v) is 2.85. The zero-order valence-electron chi connectivity index (χ0n) is 6.23. The highest BCUT2D eigenvalue weighted by molar-refractivity contribution is 4.46. The number of hydrazine groups is 6. The van der Waals surface area contributed by atoms with Crippen LogP contribution in [0.15, 0.2) is 0 Å². The summed E-state index contributed by atoms with van der Waals surface area (Å²) in [5.41, 5.74) is 0. The van der Waals surface area contributed by atoms with Gasteiger partial charge >= 0.3 is 0 Å². The van der Waals surface area contributed by atoms with E-state index in [4.69, 9.17) is 23.4 Å². The number of rotatable bonds is 3. The summed E-state index contributed by atoms with van der Waals surface area (Å²) in [5, 5.41) is 2.93. The van der Waals surface area contributed by atoms with Gasteiger partial charge in [0.15, 0.2) is 0 Å². The van der Waals surface area contributed by atoms with Crippen molar-refractivity contribution in [2.75, 3.05) is 0 Å². The van der Waals surface area contributed by atoms with Crippen LogP contribution in [-0.4, -0.2) is 21.6 Å². The van der Waals surface area contributed by atoms with Crippen molar-refractivity contribution >= 4 is 0 Å². The van der Waals surface area contributed by atoms with Gasteiger partial charge in [-0.2, -0.15) is 0 Å². The van der Waals surface area contributed by atoms with E-state index in [0.717, 1.165) is 10.5 Å². The second kappa shape index (κ2) is 3.78. The van der Waals surface area contributed by atoms with Crippen molar-refractivity contribution in [3.8, 4) is 0 Å². The Kier molecular flexibility index (Phi) is 3.68. The van der Waals surface area contributed by atoms with Crippen molar-refractivity contribution in [1.82, 2.24) is 15.6 Å². The normalized spacial score (nSPS) is 12.6. The van der Waals surface area contributed by atoms with E-state index in [9.17, 15) is 0 Å². The summed E-state index contributed by atoms with van der Waals surface area (Å²) in [4.78, 5) is 0. The molecule has 0 bridgehead atoms. The molecular weight excluding hydrogens is 134 g/mol. The highest BCUT2D eigenvalue weighted by Crippen LogP contribution is 1.94. The quantitative estimate of drug-likeness (QED) is 0.262. The van der Waals surface area contributed by atoms with E-state index in [1.165, 1.54) is 5.12 Å². The third-order valence-corrected chi connectivity index (χ3v) is 0.935. The van der Waals surface area contributed by atoms with E-state index >= 15 is 0 Å². The molecule has 0 saturated carbocycles. The van der Waals surface area contributed by atoms with Gasteiger partial charge in [-0.1, -0.05) is 10.5 Å². The van der Waals surface area contributed by atoms with Crippen LogP contribution in [0.3, 0.4) is 0 Å². The van der Waals surface area contributed by atoms with Crippen molar-refractivity contribution in [2.24, 2.45) is 23.4 Å². The van der Waals surface area contributed by atoms with E-state index in [-0.39, 0.29) is 6.04 Å². The summed E-state index contributed by atoms with van der Waals surface area (Å²) in [5.74, 6) is 20.7. The minimum Gasteiger partial charge on any atom is -0.239 e. The van der Waals surface area contributed by atoms with E-state index in [1.807, 2.05) is 13.8 Å². The molecule has 0 radical (unpaired) electrons. The maximum Gasteiger partial charge on any atom is 0.0404 e. The van der Waals surface area contributed by atoms with Crippen LogP contribution < -0.4 is 23.4 Å². The first-order valence-electron chi connectivity index (χ1n) is 2.85.